The number of likely N-dealkylation sites (tertiary alicyclic amines) is 1. The van der Waals surface area contributed by atoms with Crippen molar-refractivity contribution < 1.29 is 53.1 Å². The number of rotatable bonds is 38. The van der Waals surface area contributed by atoms with Gasteiger partial charge < -0.3 is 69.3 Å². The van der Waals surface area contributed by atoms with Gasteiger partial charge in [0.1, 0.15) is 54.4 Å². The highest BCUT2D eigenvalue weighted by Gasteiger charge is 2.45. The van der Waals surface area contributed by atoms with Crippen LogP contribution in [-0.4, -0.2) is 155 Å². The first-order valence-corrected chi connectivity index (χ1v) is 31.7. The number of hydrogen-bond donors (Lipinski definition) is 11. The fourth-order valence-corrected chi connectivity index (χ4v) is 11.1. The van der Waals surface area contributed by atoms with Crippen molar-refractivity contribution in [3.63, 3.8) is 0 Å². The monoisotopic (exact) mass is 1240 g/mol. The summed E-state index contributed by atoms with van der Waals surface area (Å²) in [6, 6.07) is 1.49. The summed E-state index contributed by atoms with van der Waals surface area (Å²) in [4.78, 5) is 148. The smallest absolute Gasteiger partial charge is 0.248 e. The third-order valence-electron chi connectivity index (χ3n) is 15.3. The number of thiophene rings is 1. The van der Waals surface area contributed by atoms with Gasteiger partial charge in [0.2, 0.25) is 59.1 Å². The van der Waals surface area contributed by atoms with Gasteiger partial charge in [-0.15, -0.1) is 11.3 Å². The van der Waals surface area contributed by atoms with Gasteiger partial charge in [0.15, 0.2) is 5.96 Å². The molecule has 0 unspecified atom stereocenters. The van der Waals surface area contributed by atoms with E-state index in [1.807, 2.05) is 54.5 Å². The van der Waals surface area contributed by atoms with Crippen LogP contribution in [0.3, 0.4) is 0 Å². The first-order chi connectivity index (χ1) is 41.1. The fourth-order valence-electron chi connectivity index (χ4n) is 10.3. The number of hydrogen-bond acceptors (Lipinski definition) is 13. The van der Waals surface area contributed by atoms with E-state index in [2.05, 4.69) is 49.1 Å². The van der Waals surface area contributed by atoms with Gasteiger partial charge in [0, 0.05) is 44.3 Å². The van der Waals surface area contributed by atoms with Gasteiger partial charge in [0.05, 0.1) is 6.10 Å². The second-order valence-electron chi connectivity index (χ2n) is 24.3. The number of nitrogens with two attached hydrogens (primary N) is 3. The zero-order valence-corrected chi connectivity index (χ0v) is 53.8. The maximum atomic E-state index is 14.9. The van der Waals surface area contributed by atoms with Gasteiger partial charge in [0.25, 0.3) is 0 Å². The van der Waals surface area contributed by atoms with Crippen molar-refractivity contribution in [3.8, 4) is 0 Å². The molecule has 24 nitrogen and oxygen atoms in total. The van der Waals surface area contributed by atoms with E-state index in [1.165, 1.54) is 23.8 Å². The third-order valence-corrected chi connectivity index (χ3v) is 16.2. The van der Waals surface area contributed by atoms with Gasteiger partial charge in [-0.05, 0) is 86.1 Å². The minimum absolute atomic E-state index is 0.0249. The van der Waals surface area contributed by atoms with Crippen LogP contribution in [0.15, 0.2) is 52.8 Å². The van der Waals surface area contributed by atoms with E-state index in [4.69, 9.17) is 17.2 Å². The van der Waals surface area contributed by atoms with Gasteiger partial charge in [-0.1, -0.05) is 131 Å². The molecule has 1 aromatic heterocycles. The lowest BCUT2D eigenvalue weighted by Gasteiger charge is -2.35. The van der Waals surface area contributed by atoms with Crippen LogP contribution in [0.25, 0.3) is 0 Å². The quantitative estimate of drug-likeness (QED) is 0.0262. The molecule has 1 saturated heterocycles. The molecule has 2 aromatic rings. The average molecular weight is 1240 g/mol. The number of amides is 10. The highest BCUT2D eigenvalue weighted by Crippen LogP contribution is 2.26. The molecule has 10 amide bonds. The van der Waals surface area contributed by atoms with Crippen molar-refractivity contribution in [2.24, 2.45) is 45.9 Å². The van der Waals surface area contributed by atoms with E-state index in [-0.39, 0.29) is 100.0 Å². The van der Waals surface area contributed by atoms with Gasteiger partial charge in [-0.2, -0.15) is 0 Å². The van der Waals surface area contributed by atoms with Gasteiger partial charge in [-0.3, -0.25) is 52.9 Å². The molecule has 1 fully saturated rings. The van der Waals surface area contributed by atoms with Crippen LogP contribution in [-0.2, 0) is 54.4 Å². The molecule has 0 spiro atoms. The standard InChI is InChI=1S/C62H101N13O11S/c1-12-14-15-16-20-27-50(77)67-40(10)54(79)69-45(33-41-23-18-17-19-24-41)57(82)70-44(30-36(3)4)56(81)71-46(31-37(5)6)60(85)75-35-42(76)34-48(75)61(86)74(11)47(32-38(7)8)58(83)73-52(49-26-22-29-87-49)59(84)68-43(25-21-28-66-62(64)65)55(80)72-51(53(63)78)39(9)13-2/h17-19,22-24,26,29,36-40,42-48,51-52,76H,12-16,20-21,25,27-28,30-35H2,1-11H3,(H2,63,78)(H,67,77)(H,68,84)(H,69,79)(H,70,82)(H,71,81)(H,72,80)(H,73,83)(H4,64,65,66)/t39-,40+,42+,43-,44+,45-,46-,47-,48-,51-,52-/m0/s1. The van der Waals surface area contributed by atoms with E-state index in [9.17, 15) is 53.1 Å². The van der Waals surface area contributed by atoms with E-state index in [0.717, 1.165) is 42.6 Å². The number of benzene rings is 1. The molecule has 3 rings (SSSR count). The number of primary amides is 1. The summed E-state index contributed by atoms with van der Waals surface area (Å²) in [5, 5.41) is 32.4. The molecule has 1 aliphatic heterocycles. The number of aliphatic hydroxyl groups excluding tert-OH is 1. The first-order valence-electron chi connectivity index (χ1n) is 30.9. The molecule has 0 saturated carbocycles. The summed E-state index contributed by atoms with van der Waals surface area (Å²) < 4.78 is 0. The number of aliphatic hydroxyl groups is 1. The molecule has 11 atom stereocenters. The Labute approximate surface area is 518 Å². The number of carbonyl (C=O) groups excluding carboxylic acids is 10. The Morgan fingerprint density at radius 3 is 1.83 bits per heavy atom. The lowest BCUT2D eigenvalue weighted by molar-refractivity contribution is -0.149. The lowest BCUT2D eigenvalue weighted by atomic mass is 9.97. The third kappa shape index (κ3) is 25.2. The molecule has 25 heteroatoms. The van der Waals surface area contributed by atoms with Crippen molar-refractivity contribution in [3.05, 3.63) is 58.3 Å². The summed E-state index contributed by atoms with van der Waals surface area (Å²) in [5.74, 6) is -7.62. The minimum atomic E-state index is -1.38. The first kappa shape index (κ1) is 74.1. The van der Waals surface area contributed by atoms with Crippen molar-refractivity contribution >= 4 is 76.4 Å². The highest BCUT2D eigenvalue weighted by atomic mass is 32.1. The maximum Gasteiger partial charge on any atom is 0.248 e. The van der Waals surface area contributed by atoms with Gasteiger partial charge >= 0.3 is 0 Å². The number of nitrogens with one attached hydrogen (secondary N) is 7. The zero-order valence-electron chi connectivity index (χ0n) is 53.0. The predicted octanol–water partition coefficient (Wildman–Crippen LogP) is 2.95. The molecular weight excluding hydrogens is 1130 g/mol. The Balaban J connectivity index is 1.92. The van der Waals surface area contributed by atoms with Crippen molar-refractivity contribution in [2.75, 3.05) is 20.1 Å². The van der Waals surface area contributed by atoms with Crippen LogP contribution < -0.4 is 54.4 Å². The number of nitrogens with zero attached hydrogens (tertiary/aromatic N) is 3. The molecule has 2 heterocycles. The molecule has 87 heavy (non-hydrogen) atoms. The second kappa shape index (κ2) is 37.5. The number of β-amino-alcohol motifs (C(OH)–C–C–N with tert-alkyl or cyclic N) is 1. The molecule has 486 valence electrons. The zero-order chi connectivity index (χ0) is 65.1. The van der Waals surface area contributed by atoms with Crippen LogP contribution >= 0.6 is 11.3 Å². The topological polar surface area (TPSA) is 372 Å². The normalized spacial score (nSPS) is 17.1. The lowest BCUT2D eigenvalue weighted by Crippen LogP contribution is -2.60. The highest BCUT2D eigenvalue weighted by molar-refractivity contribution is 7.10. The van der Waals surface area contributed by atoms with Crippen molar-refractivity contribution in [2.45, 2.75) is 220 Å². The van der Waals surface area contributed by atoms with Crippen LogP contribution in [0.4, 0.5) is 0 Å². The summed E-state index contributed by atoms with van der Waals surface area (Å²) in [5.41, 5.74) is 17.4. The second-order valence-corrected chi connectivity index (χ2v) is 25.3. The molecule has 1 aromatic carbocycles. The average Bonchev–Trinajstić information content (AvgIpc) is 2.18. The SMILES string of the molecule is CCCCCCCC(=O)N[C@H](C)C(=O)N[C@@H](Cc1ccccc1)C(=O)N[C@H](CC(C)C)C(=O)N[C@@H](CC(C)C)C(=O)N1C[C@H](O)C[C@H]1C(=O)N(C)[C@@H](CC(C)C)C(=O)N[C@H](C(=O)N[C@@H](CCCN=C(N)N)C(=O)N[C@H](C(N)=O)[C@@H](C)CC)c1cccs1. The van der Waals surface area contributed by atoms with Crippen LogP contribution in [0.1, 0.15) is 169 Å². The summed E-state index contributed by atoms with van der Waals surface area (Å²) in [6.07, 6.45) is 4.76. The maximum absolute atomic E-state index is 14.9. The Morgan fingerprint density at radius 2 is 1.24 bits per heavy atom. The Morgan fingerprint density at radius 1 is 0.655 bits per heavy atom. The van der Waals surface area contributed by atoms with Crippen LogP contribution in [0.5, 0.6) is 0 Å². The Bertz CT molecular complexity index is 2580. The molecule has 0 aliphatic carbocycles. The Hall–Kier alpha value is -7.15. The van der Waals surface area contributed by atoms with E-state index in [0.29, 0.717) is 17.7 Å². The van der Waals surface area contributed by atoms with E-state index >= 15 is 0 Å². The van der Waals surface area contributed by atoms with Gasteiger partial charge in [-0.25, -0.2) is 0 Å². The summed E-state index contributed by atoms with van der Waals surface area (Å²) in [6.45, 7) is 18.2. The number of guanidine groups is 1. The predicted molar refractivity (Wildman–Crippen MR) is 336 cm³/mol. The van der Waals surface area contributed by atoms with Crippen LogP contribution in [0.2, 0.25) is 0 Å². The summed E-state index contributed by atoms with van der Waals surface area (Å²) in [7, 11) is 1.40. The number of likely N-dealkylation sites (N-methyl/N-ethyl adjacent to an activating group) is 1. The molecular formula is C62H101N13O11S. The number of carbonyl (C=O) groups is 10. The molecule has 14 N–H and O–H groups in total. The fraction of sp³-hybridized carbons (Fsp3) is 0.661. The molecule has 1 aliphatic rings. The van der Waals surface area contributed by atoms with E-state index in [1.54, 1.807) is 48.7 Å². The van der Waals surface area contributed by atoms with Crippen molar-refractivity contribution in [1.82, 2.24) is 47.0 Å². The molecule has 0 bridgehead atoms. The number of unbranched alkanes of at least 4 members (excludes halogenated alkanes) is 4. The number of aliphatic imine (C=N–C) groups is 1. The van der Waals surface area contributed by atoms with E-state index < -0.39 is 114 Å². The largest absolute Gasteiger partial charge is 0.391 e. The molecule has 0 radical (unpaired) electrons. The Kier molecular flexibility index (Phi) is 32.0. The van der Waals surface area contributed by atoms with Crippen molar-refractivity contribution in [1.29, 1.82) is 0 Å². The minimum Gasteiger partial charge on any atom is -0.391 e. The van der Waals surface area contributed by atoms with Crippen LogP contribution in [0, 0.1) is 23.7 Å². The summed E-state index contributed by atoms with van der Waals surface area (Å²) >= 11 is 1.16.